The Morgan fingerprint density at radius 3 is 1.41 bits per heavy atom. The Morgan fingerprint density at radius 1 is 0.773 bits per heavy atom. The Hall–Kier alpha value is -1.50. The van der Waals surface area contributed by atoms with Gasteiger partial charge in [-0.1, -0.05) is 52.4 Å². The molecule has 0 aromatic rings. The van der Waals surface area contributed by atoms with Crippen LogP contribution in [0, 0.1) is 22.7 Å². The third-order valence-corrected chi connectivity index (χ3v) is 3.56. The summed E-state index contributed by atoms with van der Waals surface area (Å²) in [6, 6.07) is 2.40. The zero-order chi connectivity index (χ0) is 16.8. The van der Waals surface area contributed by atoms with Gasteiger partial charge in [-0.25, -0.2) is 0 Å². The van der Waals surface area contributed by atoms with Crippen molar-refractivity contribution in [1.82, 2.24) is 0 Å². The minimum atomic E-state index is -1.20. The molecule has 0 aliphatic heterocycles. The molecule has 2 N–H and O–H groups in total. The summed E-state index contributed by atoms with van der Waals surface area (Å²) in [5.74, 6) is 0. The predicted octanol–water partition coefficient (Wildman–Crippen LogP) is 3.11. The maximum Gasteiger partial charge on any atom is 0.164 e. The molecule has 0 radical (unpaired) electrons. The van der Waals surface area contributed by atoms with E-state index in [9.17, 15) is 10.2 Å². The van der Waals surface area contributed by atoms with Crippen LogP contribution in [0.15, 0.2) is 10.2 Å². The summed E-state index contributed by atoms with van der Waals surface area (Å²) in [5, 5.41) is 45.2. The maximum absolute atomic E-state index is 9.70. The first-order valence-corrected chi connectivity index (χ1v) is 8.15. The monoisotopic (exact) mass is 308 g/mol. The number of hydrogen-bond acceptors (Lipinski definition) is 6. The third-order valence-electron chi connectivity index (χ3n) is 3.56. The zero-order valence-electron chi connectivity index (χ0n) is 13.6. The number of aliphatic hydroxyl groups excluding tert-OH is 2. The van der Waals surface area contributed by atoms with Crippen molar-refractivity contribution in [1.29, 1.82) is 10.5 Å². The SMILES string of the molecule is CCCCCC(N=NC(CCCCC)C(O)C#N)C(O)C#N. The Balaban J connectivity index is 4.73. The lowest BCUT2D eigenvalue weighted by Gasteiger charge is -2.16. The van der Waals surface area contributed by atoms with Crippen LogP contribution in [0.2, 0.25) is 0 Å². The first-order chi connectivity index (χ1) is 10.6. The molecule has 0 spiro atoms. The Labute approximate surface area is 133 Å². The molecular weight excluding hydrogens is 280 g/mol. The van der Waals surface area contributed by atoms with E-state index in [1.807, 2.05) is 0 Å². The highest BCUT2D eigenvalue weighted by Crippen LogP contribution is 2.15. The molecule has 0 aliphatic rings. The summed E-state index contributed by atoms with van der Waals surface area (Å²) in [5.41, 5.74) is 0. The quantitative estimate of drug-likeness (QED) is 0.327. The molecule has 6 nitrogen and oxygen atoms in total. The van der Waals surface area contributed by atoms with Gasteiger partial charge in [-0.05, 0) is 12.8 Å². The number of rotatable bonds is 12. The van der Waals surface area contributed by atoms with Crippen LogP contribution in [0.5, 0.6) is 0 Å². The average Bonchev–Trinajstić information content (AvgIpc) is 2.54. The first-order valence-electron chi connectivity index (χ1n) is 8.15. The fraction of sp³-hybridized carbons (Fsp3) is 0.875. The normalized spacial score (nSPS) is 16.6. The molecular formula is C16H28N4O2. The molecule has 0 amide bonds. The lowest BCUT2D eigenvalue weighted by atomic mass is 10.0. The molecule has 0 heterocycles. The minimum absolute atomic E-state index is 0.580. The molecule has 0 aliphatic carbocycles. The van der Waals surface area contributed by atoms with Crippen LogP contribution >= 0.6 is 0 Å². The minimum Gasteiger partial charge on any atom is -0.376 e. The lowest BCUT2D eigenvalue weighted by molar-refractivity contribution is 0.172. The van der Waals surface area contributed by atoms with Crippen LogP contribution in [0.25, 0.3) is 0 Å². The van der Waals surface area contributed by atoms with Crippen molar-refractivity contribution in [3.8, 4) is 12.1 Å². The number of aliphatic hydroxyl groups is 2. The molecule has 4 atom stereocenters. The molecule has 0 saturated heterocycles. The van der Waals surface area contributed by atoms with E-state index in [0.717, 1.165) is 38.5 Å². The third kappa shape index (κ3) is 8.71. The van der Waals surface area contributed by atoms with E-state index in [0.29, 0.717) is 12.8 Å². The van der Waals surface area contributed by atoms with E-state index >= 15 is 0 Å². The molecule has 4 unspecified atom stereocenters. The van der Waals surface area contributed by atoms with E-state index in [-0.39, 0.29) is 0 Å². The van der Waals surface area contributed by atoms with Crippen LogP contribution in [-0.2, 0) is 0 Å². The van der Waals surface area contributed by atoms with Crippen molar-refractivity contribution in [2.75, 3.05) is 0 Å². The van der Waals surface area contributed by atoms with Gasteiger partial charge in [0.15, 0.2) is 12.2 Å². The highest BCUT2D eigenvalue weighted by atomic mass is 16.3. The summed E-state index contributed by atoms with van der Waals surface area (Å²) in [7, 11) is 0. The van der Waals surface area contributed by atoms with Crippen LogP contribution in [-0.4, -0.2) is 34.5 Å². The van der Waals surface area contributed by atoms with Gasteiger partial charge in [0, 0.05) is 0 Å². The van der Waals surface area contributed by atoms with E-state index in [1.54, 1.807) is 12.1 Å². The number of nitriles is 2. The summed E-state index contributed by atoms with van der Waals surface area (Å²) in [6.45, 7) is 4.15. The van der Waals surface area contributed by atoms with E-state index in [1.165, 1.54) is 0 Å². The first kappa shape index (κ1) is 20.5. The van der Waals surface area contributed by atoms with Gasteiger partial charge in [0.1, 0.15) is 12.1 Å². The molecule has 0 fully saturated rings. The van der Waals surface area contributed by atoms with Gasteiger partial charge in [0.05, 0.1) is 12.1 Å². The summed E-state index contributed by atoms with van der Waals surface area (Å²) in [4.78, 5) is 0. The second-order valence-corrected chi connectivity index (χ2v) is 5.51. The largest absolute Gasteiger partial charge is 0.376 e. The summed E-state index contributed by atoms with van der Waals surface area (Å²) < 4.78 is 0. The number of unbranched alkanes of at least 4 members (excludes halogenated alkanes) is 4. The number of nitrogens with zero attached hydrogens (tertiary/aromatic N) is 4. The average molecular weight is 308 g/mol. The highest BCUT2D eigenvalue weighted by Gasteiger charge is 2.21. The van der Waals surface area contributed by atoms with Crippen molar-refractivity contribution in [3.63, 3.8) is 0 Å². The fourth-order valence-electron chi connectivity index (χ4n) is 2.11. The molecule has 0 saturated carbocycles. The maximum atomic E-state index is 9.70. The van der Waals surface area contributed by atoms with Gasteiger partial charge in [0.2, 0.25) is 0 Å². The van der Waals surface area contributed by atoms with Gasteiger partial charge >= 0.3 is 0 Å². The Bertz CT molecular complexity index is 351. The summed E-state index contributed by atoms with van der Waals surface area (Å²) >= 11 is 0. The van der Waals surface area contributed by atoms with Gasteiger partial charge < -0.3 is 10.2 Å². The van der Waals surface area contributed by atoms with Crippen LogP contribution in [0.3, 0.4) is 0 Å². The standard InChI is InChI=1S/C16H28N4O2/c1-3-5-7-9-13(15(21)11-17)19-20-14(16(22)12-18)10-8-6-4-2/h13-16,21-22H,3-10H2,1-2H3. The van der Waals surface area contributed by atoms with Crippen molar-refractivity contribution < 1.29 is 10.2 Å². The van der Waals surface area contributed by atoms with E-state index in [2.05, 4.69) is 24.1 Å². The van der Waals surface area contributed by atoms with Gasteiger partial charge in [0.25, 0.3) is 0 Å². The van der Waals surface area contributed by atoms with Crippen LogP contribution < -0.4 is 0 Å². The fourth-order valence-corrected chi connectivity index (χ4v) is 2.11. The van der Waals surface area contributed by atoms with Crippen molar-refractivity contribution in [3.05, 3.63) is 0 Å². The molecule has 0 aromatic heterocycles. The molecule has 6 heteroatoms. The van der Waals surface area contributed by atoms with Crippen LogP contribution in [0.1, 0.15) is 65.2 Å². The predicted molar refractivity (Wildman–Crippen MR) is 84.0 cm³/mol. The van der Waals surface area contributed by atoms with Crippen LogP contribution in [0.4, 0.5) is 0 Å². The Kier molecular flexibility index (Phi) is 12.3. The lowest BCUT2D eigenvalue weighted by Crippen LogP contribution is -2.25. The van der Waals surface area contributed by atoms with Gasteiger partial charge in [-0.15, -0.1) is 0 Å². The molecule has 22 heavy (non-hydrogen) atoms. The highest BCUT2D eigenvalue weighted by molar-refractivity contribution is 4.94. The van der Waals surface area contributed by atoms with E-state index < -0.39 is 24.3 Å². The second-order valence-electron chi connectivity index (χ2n) is 5.51. The molecule has 0 aromatic carbocycles. The number of azo groups is 1. The second kappa shape index (κ2) is 13.2. The van der Waals surface area contributed by atoms with Crippen molar-refractivity contribution >= 4 is 0 Å². The Morgan fingerprint density at radius 2 is 1.14 bits per heavy atom. The number of hydrogen-bond donors (Lipinski definition) is 2. The van der Waals surface area contributed by atoms with Crippen molar-refractivity contribution in [2.45, 2.75) is 89.5 Å². The molecule has 124 valence electrons. The topological polar surface area (TPSA) is 113 Å². The van der Waals surface area contributed by atoms with Gasteiger partial charge in [-0.2, -0.15) is 20.8 Å². The van der Waals surface area contributed by atoms with Crippen molar-refractivity contribution in [2.24, 2.45) is 10.2 Å². The van der Waals surface area contributed by atoms with Gasteiger partial charge in [-0.3, -0.25) is 0 Å². The zero-order valence-corrected chi connectivity index (χ0v) is 13.6. The smallest absolute Gasteiger partial charge is 0.164 e. The van der Waals surface area contributed by atoms with E-state index in [4.69, 9.17) is 10.5 Å². The summed E-state index contributed by atoms with van der Waals surface area (Å²) in [6.07, 6.45) is 4.58. The molecule has 0 rings (SSSR count). The molecule has 0 bridgehead atoms.